The lowest BCUT2D eigenvalue weighted by Gasteiger charge is -1.98. The zero-order valence-corrected chi connectivity index (χ0v) is 5.31. The van der Waals surface area contributed by atoms with Crippen molar-refractivity contribution in [2.75, 3.05) is 0 Å². The molecule has 0 unspecified atom stereocenters. The van der Waals surface area contributed by atoms with Gasteiger partial charge in [-0.1, -0.05) is 15.9 Å². The van der Waals surface area contributed by atoms with E-state index in [1.807, 2.05) is 6.08 Å². The van der Waals surface area contributed by atoms with Gasteiger partial charge in [0.2, 0.25) is 0 Å². The minimum atomic E-state index is 0.958. The fraction of sp³-hybridized carbons (Fsp3) is 0.200. The first-order valence-corrected chi connectivity index (χ1v) is 2.84. The predicted octanol–water partition coefficient (Wildman–Crippen LogP) is 2.16. The van der Waals surface area contributed by atoms with Crippen LogP contribution in [0.5, 0.6) is 0 Å². The predicted molar refractivity (Wildman–Crippen MR) is 31.9 cm³/mol. The van der Waals surface area contributed by atoms with Crippen LogP contribution in [0.3, 0.4) is 0 Å². The fourth-order valence-corrected chi connectivity index (χ4v) is 0.672. The van der Waals surface area contributed by atoms with Gasteiger partial charge in [-0.15, -0.1) is 0 Å². The number of hydrogen-bond acceptors (Lipinski definition) is 1. The average molecular weight is 161 g/mol. The van der Waals surface area contributed by atoms with Crippen molar-refractivity contribution in [2.45, 2.75) is 6.42 Å². The Bertz CT molecular complexity index is 115. The average Bonchev–Trinajstić information content (AvgIpc) is 1.69. The molecule has 1 heterocycles. The summed E-state index contributed by atoms with van der Waals surface area (Å²) in [6.07, 6.45) is 6.26. The zero-order valence-electron chi connectivity index (χ0n) is 3.73. The van der Waals surface area contributed by atoms with Crippen molar-refractivity contribution >= 4 is 15.9 Å². The van der Waals surface area contributed by atoms with E-state index in [1.54, 1.807) is 12.5 Å². The van der Waals surface area contributed by atoms with Crippen molar-refractivity contribution in [1.82, 2.24) is 0 Å². The van der Waals surface area contributed by atoms with Gasteiger partial charge in [-0.2, -0.15) is 0 Å². The van der Waals surface area contributed by atoms with E-state index in [0.29, 0.717) is 0 Å². The van der Waals surface area contributed by atoms with Gasteiger partial charge in [-0.05, 0) is 6.08 Å². The van der Waals surface area contributed by atoms with Gasteiger partial charge in [0.05, 0.1) is 6.26 Å². The lowest BCUT2D eigenvalue weighted by molar-refractivity contribution is 0.392. The molecular formula is C5H5BrO. The highest BCUT2D eigenvalue weighted by atomic mass is 79.9. The lowest BCUT2D eigenvalue weighted by Crippen LogP contribution is -1.77. The van der Waals surface area contributed by atoms with E-state index in [-0.39, 0.29) is 0 Å². The van der Waals surface area contributed by atoms with E-state index >= 15 is 0 Å². The standard InChI is InChI=1S/C5H5BrO/c6-5-2-1-3-7-4-5/h1,3-4H,2H2. The van der Waals surface area contributed by atoms with E-state index in [4.69, 9.17) is 4.74 Å². The van der Waals surface area contributed by atoms with Gasteiger partial charge < -0.3 is 4.74 Å². The van der Waals surface area contributed by atoms with Crippen LogP contribution >= 0.6 is 15.9 Å². The van der Waals surface area contributed by atoms with Crippen molar-refractivity contribution in [1.29, 1.82) is 0 Å². The largest absolute Gasteiger partial charge is 0.472 e. The number of hydrogen-bond donors (Lipinski definition) is 0. The van der Waals surface area contributed by atoms with Crippen LogP contribution in [0.2, 0.25) is 0 Å². The van der Waals surface area contributed by atoms with E-state index in [0.717, 1.165) is 10.9 Å². The van der Waals surface area contributed by atoms with E-state index in [1.165, 1.54) is 0 Å². The summed E-state index contributed by atoms with van der Waals surface area (Å²) in [6.45, 7) is 0. The first-order valence-electron chi connectivity index (χ1n) is 2.04. The molecule has 0 aromatic carbocycles. The molecule has 0 spiro atoms. The van der Waals surface area contributed by atoms with Gasteiger partial charge in [-0.25, -0.2) is 0 Å². The molecule has 0 aliphatic carbocycles. The van der Waals surface area contributed by atoms with Crippen LogP contribution in [-0.2, 0) is 4.74 Å². The molecule has 0 aromatic rings. The zero-order chi connectivity index (χ0) is 5.11. The molecule has 1 aliphatic heterocycles. The molecule has 0 atom stereocenters. The van der Waals surface area contributed by atoms with Gasteiger partial charge in [-0.3, -0.25) is 0 Å². The lowest BCUT2D eigenvalue weighted by atomic mass is 10.4. The summed E-state index contributed by atoms with van der Waals surface area (Å²) in [4.78, 5) is 0. The second-order valence-corrected chi connectivity index (χ2v) is 2.30. The molecule has 0 N–H and O–H groups in total. The summed E-state index contributed by atoms with van der Waals surface area (Å²) >= 11 is 3.27. The maximum Gasteiger partial charge on any atom is 0.101 e. The summed E-state index contributed by atoms with van der Waals surface area (Å²) < 4.78 is 5.88. The van der Waals surface area contributed by atoms with Crippen LogP contribution in [0, 0.1) is 0 Å². The molecule has 1 nitrogen and oxygen atoms in total. The Hall–Kier alpha value is -0.240. The van der Waals surface area contributed by atoms with Crippen molar-refractivity contribution in [3.05, 3.63) is 23.1 Å². The van der Waals surface area contributed by atoms with E-state index < -0.39 is 0 Å². The SMILES string of the molecule is BrC1=COC=CC1. The first kappa shape index (κ1) is 4.91. The molecule has 0 radical (unpaired) electrons. The van der Waals surface area contributed by atoms with E-state index in [2.05, 4.69) is 15.9 Å². The van der Waals surface area contributed by atoms with Crippen molar-refractivity contribution in [2.24, 2.45) is 0 Å². The first-order chi connectivity index (χ1) is 3.39. The van der Waals surface area contributed by atoms with E-state index in [9.17, 15) is 0 Å². The summed E-state index contributed by atoms with van der Waals surface area (Å²) in [5.74, 6) is 0. The summed E-state index contributed by atoms with van der Waals surface area (Å²) in [5, 5.41) is 0. The number of rotatable bonds is 0. The van der Waals surface area contributed by atoms with Crippen LogP contribution in [0.15, 0.2) is 23.1 Å². The Morgan fingerprint density at radius 2 is 2.57 bits per heavy atom. The van der Waals surface area contributed by atoms with Gasteiger partial charge in [0.15, 0.2) is 0 Å². The number of halogens is 1. The molecule has 0 saturated heterocycles. The van der Waals surface area contributed by atoms with Crippen LogP contribution in [-0.4, -0.2) is 0 Å². The molecule has 0 saturated carbocycles. The molecule has 2 heteroatoms. The highest BCUT2D eigenvalue weighted by Gasteiger charge is 1.90. The molecule has 0 fully saturated rings. The molecule has 7 heavy (non-hydrogen) atoms. The Morgan fingerprint density at radius 1 is 1.71 bits per heavy atom. The van der Waals surface area contributed by atoms with Crippen LogP contribution in [0.25, 0.3) is 0 Å². The maximum atomic E-state index is 4.79. The molecule has 38 valence electrons. The second kappa shape index (κ2) is 2.17. The Morgan fingerprint density at radius 3 is 2.86 bits per heavy atom. The molecule has 0 amide bonds. The Kier molecular flexibility index (Phi) is 1.52. The molecular weight excluding hydrogens is 156 g/mol. The van der Waals surface area contributed by atoms with Crippen LogP contribution in [0.1, 0.15) is 6.42 Å². The van der Waals surface area contributed by atoms with Crippen molar-refractivity contribution in [3.8, 4) is 0 Å². The molecule has 0 bridgehead atoms. The summed E-state index contributed by atoms with van der Waals surface area (Å²) in [6, 6.07) is 0. The van der Waals surface area contributed by atoms with Gasteiger partial charge in [0.25, 0.3) is 0 Å². The van der Waals surface area contributed by atoms with Crippen LogP contribution < -0.4 is 0 Å². The third-order valence-corrected chi connectivity index (χ3v) is 1.19. The Balaban J connectivity index is 2.50. The minimum Gasteiger partial charge on any atom is -0.472 e. The third-order valence-electron chi connectivity index (χ3n) is 0.684. The fourth-order valence-electron chi connectivity index (χ4n) is 0.377. The quantitative estimate of drug-likeness (QED) is 0.528. The highest BCUT2D eigenvalue weighted by molar-refractivity contribution is 9.11. The van der Waals surface area contributed by atoms with Crippen LogP contribution in [0.4, 0.5) is 0 Å². The second-order valence-electron chi connectivity index (χ2n) is 1.28. The van der Waals surface area contributed by atoms with Crippen molar-refractivity contribution in [3.63, 3.8) is 0 Å². The summed E-state index contributed by atoms with van der Waals surface area (Å²) in [5.41, 5.74) is 0. The number of allylic oxidation sites excluding steroid dienone is 2. The minimum absolute atomic E-state index is 0.958. The van der Waals surface area contributed by atoms with Crippen molar-refractivity contribution < 1.29 is 4.74 Å². The molecule has 1 rings (SSSR count). The molecule has 0 aromatic heterocycles. The maximum absolute atomic E-state index is 4.79. The molecule has 1 aliphatic rings. The highest BCUT2D eigenvalue weighted by Crippen LogP contribution is 2.14. The van der Waals surface area contributed by atoms with Gasteiger partial charge in [0.1, 0.15) is 6.26 Å². The monoisotopic (exact) mass is 160 g/mol. The van der Waals surface area contributed by atoms with Gasteiger partial charge >= 0.3 is 0 Å². The topological polar surface area (TPSA) is 9.23 Å². The summed E-state index contributed by atoms with van der Waals surface area (Å²) in [7, 11) is 0. The van der Waals surface area contributed by atoms with Gasteiger partial charge in [0, 0.05) is 10.9 Å². The Labute approximate surface area is 50.8 Å². The smallest absolute Gasteiger partial charge is 0.101 e. The normalized spacial score (nSPS) is 18.1. The third kappa shape index (κ3) is 1.35. The number of ether oxygens (including phenoxy) is 1.